The van der Waals surface area contributed by atoms with Crippen molar-refractivity contribution >= 4 is 35.0 Å². The number of hydrogen-bond acceptors (Lipinski definition) is 9. The molecule has 0 spiro atoms. The van der Waals surface area contributed by atoms with Gasteiger partial charge in [-0.25, -0.2) is 4.98 Å². The Morgan fingerprint density at radius 3 is 2.26 bits per heavy atom. The van der Waals surface area contributed by atoms with Gasteiger partial charge < -0.3 is 35.6 Å². The van der Waals surface area contributed by atoms with Crippen molar-refractivity contribution in [3.05, 3.63) is 52.5 Å². The van der Waals surface area contributed by atoms with Crippen molar-refractivity contribution in [2.24, 2.45) is 23.5 Å². The first-order chi connectivity index (χ1) is 25.7. The van der Waals surface area contributed by atoms with Crippen LogP contribution in [0.4, 0.5) is 0 Å². The van der Waals surface area contributed by atoms with E-state index in [9.17, 15) is 19.2 Å². The van der Waals surface area contributed by atoms with E-state index in [1.54, 1.807) is 46.2 Å². The molecule has 1 aromatic heterocycles. The number of carbonyl (C=O) groups excluding carboxylic acids is 4. The highest BCUT2D eigenvalue weighted by atomic mass is 32.1. The van der Waals surface area contributed by atoms with Gasteiger partial charge in [0, 0.05) is 39.4 Å². The smallest absolute Gasteiger partial charge is 0.245 e. The summed E-state index contributed by atoms with van der Waals surface area (Å²) in [4.78, 5) is 63.5. The van der Waals surface area contributed by atoms with Crippen molar-refractivity contribution in [2.45, 2.75) is 134 Å². The number of likely N-dealkylation sites (N-methyl/N-ethyl adjacent to an activating group) is 1. The number of nitrogens with one attached hydrogen (secondary N) is 2. The molecule has 2 heterocycles. The van der Waals surface area contributed by atoms with Gasteiger partial charge in [0.15, 0.2) is 0 Å². The summed E-state index contributed by atoms with van der Waals surface area (Å²) in [6, 6.07) is 8.25. The molecule has 4 amide bonds. The maximum absolute atomic E-state index is 14.4. The largest absolute Gasteiger partial charge is 0.379 e. The molecule has 13 heteroatoms. The number of thiazole rings is 1. The van der Waals surface area contributed by atoms with Crippen molar-refractivity contribution in [2.75, 3.05) is 27.8 Å². The number of methoxy groups -OCH3 is 2. The molecule has 0 radical (unpaired) electrons. The molecular weight excluding hydrogens is 705 g/mol. The fourth-order valence-corrected chi connectivity index (χ4v) is 8.92. The van der Waals surface area contributed by atoms with Gasteiger partial charge in [0.05, 0.1) is 48.2 Å². The minimum Gasteiger partial charge on any atom is -0.379 e. The highest BCUT2D eigenvalue weighted by molar-refractivity contribution is 7.09. The molecule has 4 rings (SSSR count). The average molecular weight is 769 g/mol. The Hall–Kier alpha value is -3.39. The number of hydrogen-bond donors (Lipinski definition) is 3. The molecule has 2 aliphatic rings. The lowest BCUT2D eigenvalue weighted by Crippen LogP contribution is -2.61. The number of rotatable bonds is 18. The van der Waals surface area contributed by atoms with Crippen LogP contribution in [0, 0.1) is 17.8 Å². The van der Waals surface area contributed by atoms with E-state index in [1.165, 1.54) is 11.3 Å². The van der Waals surface area contributed by atoms with Gasteiger partial charge in [-0.3, -0.25) is 19.2 Å². The van der Waals surface area contributed by atoms with Crippen LogP contribution < -0.4 is 16.4 Å². The third-order valence-electron chi connectivity index (χ3n) is 11.3. The zero-order chi connectivity index (χ0) is 39.6. The first kappa shape index (κ1) is 43.3. The van der Waals surface area contributed by atoms with Crippen LogP contribution in [0.1, 0.15) is 103 Å². The number of amides is 4. The first-order valence-corrected chi connectivity index (χ1v) is 20.5. The lowest BCUT2D eigenvalue weighted by molar-refractivity contribution is -0.148. The third kappa shape index (κ3) is 11.1. The zero-order valence-electron chi connectivity index (χ0n) is 33.6. The van der Waals surface area contributed by atoms with Crippen molar-refractivity contribution < 1.29 is 28.7 Å². The Kier molecular flexibility index (Phi) is 16.0. The number of nitrogens with two attached hydrogens (primary N) is 1. The Labute approximate surface area is 326 Å². The van der Waals surface area contributed by atoms with Gasteiger partial charge in [-0.05, 0) is 63.4 Å². The van der Waals surface area contributed by atoms with Crippen LogP contribution in [0.15, 0.2) is 41.9 Å². The standard InChI is InChI=1S/C41H64N6O6S/c1-26(2)34(45-40(51)41(4,5)42)39(50)46(6)35(29-18-13-10-14-19-29)32(52-7)25-33(48)47-22-15-20-31(47)36(53-8)27(3)37(49)44-30(38-43-21-23-54-38)24-28-16-11-9-12-17-28/h9,11-12,16-17,21,23,26-27,29-32,34-36H,10,13-15,18-20,22,24-25,42H2,1-8H3,(H,44,49)(H,45,51). The monoisotopic (exact) mass is 768 g/mol. The second-order valence-electron chi connectivity index (χ2n) is 16.1. The maximum Gasteiger partial charge on any atom is 0.245 e. The van der Waals surface area contributed by atoms with E-state index >= 15 is 0 Å². The van der Waals surface area contributed by atoms with Gasteiger partial charge in [0.2, 0.25) is 23.6 Å². The van der Waals surface area contributed by atoms with Gasteiger partial charge in [0.1, 0.15) is 11.0 Å². The normalized spacial score (nSPS) is 20.1. The summed E-state index contributed by atoms with van der Waals surface area (Å²) < 4.78 is 12.2. The van der Waals surface area contributed by atoms with Crippen LogP contribution in [0.3, 0.4) is 0 Å². The van der Waals surface area contributed by atoms with E-state index in [4.69, 9.17) is 15.2 Å². The van der Waals surface area contributed by atoms with Crippen LogP contribution in [-0.4, -0.2) is 102 Å². The highest BCUT2D eigenvalue weighted by Crippen LogP contribution is 2.34. The van der Waals surface area contributed by atoms with Crippen molar-refractivity contribution in [3.8, 4) is 0 Å². The van der Waals surface area contributed by atoms with Crippen LogP contribution in [0.2, 0.25) is 0 Å². The predicted molar refractivity (Wildman–Crippen MR) is 211 cm³/mol. The molecule has 0 bridgehead atoms. The second kappa shape index (κ2) is 20.0. The van der Waals surface area contributed by atoms with E-state index in [-0.39, 0.29) is 54.1 Å². The topological polar surface area (TPSA) is 156 Å². The molecule has 1 aromatic carbocycles. The highest BCUT2D eigenvalue weighted by Gasteiger charge is 2.44. The van der Waals surface area contributed by atoms with E-state index in [2.05, 4.69) is 15.6 Å². The summed E-state index contributed by atoms with van der Waals surface area (Å²) in [5, 5.41) is 8.87. The Balaban J connectivity index is 1.51. The van der Waals surface area contributed by atoms with Gasteiger partial charge in [-0.1, -0.05) is 70.4 Å². The molecule has 1 aliphatic heterocycles. The van der Waals surface area contributed by atoms with Crippen LogP contribution >= 0.6 is 11.3 Å². The predicted octanol–water partition coefficient (Wildman–Crippen LogP) is 4.88. The van der Waals surface area contributed by atoms with Gasteiger partial charge in [-0.15, -0.1) is 11.3 Å². The number of benzene rings is 1. The molecule has 7 unspecified atom stereocenters. The lowest BCUT2D eigenvalue weighted by Gasteiger charge is -2.43. The third-order valence-corrected chi connectivity index (χ3v) is 12.2. The van der Waals surface area contributed by atoms with Crippen molar-refractivity contribution in [1.29, 1.82) is 0 Å². The molecule has 2 aromatic rings. The quantitative estimate of drug-likeness (QED) is 0.194. The van der Waals surface area contributed by atoms with Gasteiger partial charge in [-0.2, -0.15) is 0 Å². The number of aromatic nitrogens is 1. The lowest BCUT2D eigenvalue weighted by atomic mass is 9.80. The SMILES string of the molecule is COC(CC(=O)N1CCCC1C(OC)C(C)C(=O)NC(Cc1ccccc1)c1nccs1)C(C1CCCCC1)N(C)C(=O)C(NC(=O)C(C)(C)N)C(C)C. The number of ether oxygens (including phenoxy) is 2. The maximum atomic E-state index is 14.4. The summed E-state index contributed by atoms with van der Waals surface area (Å²) in [6.45, 7) is 9.43. The Morgan fingerprint density at radius 1 is 1.00 bits per heavy atom. The average Bonchev–Trinajstić information content (AvgIpc) is 3.87. The molecule has 300 valence electrons. The molecule has 2 fully saturated rings. The zero-order valence-corrected chi connectivity index (χ0v) is 34.4. The summed E-state index contributed by atoms with van der Waals surface area (Å²) in [6.07, 6.45) is 7.84. The summed E-state index contributed by atoms with van der Waals surface area (Å²) in [5.41, 5.74) is 6.03. The fourth-order valence-electron chi connectivity index (χ4n) is 8.23. The summed E-state index contributed by atoms with van der Waals surface area (Å²) in [5.74, 6) is -1.49. The molecular formula is C41H64N6O6S. The summed E-state index contributed by atoms with van der Waals surface area (Å²) in [7, 11) is 4.97. The Morgan fingerprint density at radius 2 is 1.69 bits per heavy atom. The molecule has 1 saturated carbocycles. The molecule has 1 saturated heterocycles. The van der Waals surface area contributed by atoms with E-state index in [0.717, 1.165) is 49.1 Å². The Bertz CT molecular complexity index is 1490. The number of nitrogens with zero attached hydrogens (tertiary/aromatic N) is 3. The molecule has 54 heavy (non-hydrogen) atoms. The minimum atomic E-state index is -1.15. The van der Waals surface area contributed by atoms with E-state index in [1.807, 2.05) is 61.4 Å². The number of likely N-dealkylation sites (tertiary alicyclic amines) is 1. The van der Waals surface area contributed by atoms with Gasteiger partial charge in [0.25, 0.3) is 0 Å². The van der Waals surface area contributed by atoms with Crippen molar-refractivity contribution in [1.82, 2.24) is 25.4 Å². The molecule has 1 aliphatic carbocycles. The van der Waals surface area contributed by atoms with E-state index < -0.39 is 35.6 Å². The molecule has 7 atom stereocenters. The first-order valence-electron chi connectivity index (χ1n) is 19.6. The minimum absolute atomic E-state index is 0.0700. The van der Waals surface area contributed by atoms with Gasteiger partial charge >= 0.3 is 0 Å². The van der Waals surface area contributed by atoms with Crippen LogP contribution in [0.5, 0.6) is 0 Å². The molecule has 12 nitrogen and oxygen atoms in total. The van der Waals surface area contributed by atoms with Crippen LogP contribution in [-0.2, 0) is 35.1 Å². The molecule has 4 N–H and O–H groups in total. The van der Waals surface area contributed by atoms with Crippen LogP contribution in [0.25, 0.3) is 0 Å². The summed E-state index contributed by atoms with van der Waals surface area (Å²) >= 11 is 1.51. The second-order valence-corrected chi connectivity index (χ2v) is 17.1. The number of carbonyl (C=O) groups is 4. The van der Waals surface area contributed by atoms with Crippen molar-refractivity contribution in [3.63, 3.8) is 0 Å². The van der Waals surface area contributed by atoms with E-state index in [0.29, 0.717) is 19.4 Å². The fraction of sp³-hybridized carbons (Fsp3) is 0.683.